The maximum Gasteiger partial charge on any atom is 0.266 e. The van der Waals surface area contributed by atoms with E-state index in [0.29, 0.717) is 5.75 Å². The van der Waals surface area contributed by atoms with Crippen LogP contribution in [-0.4, -0.2) is 52.6 Å². The number of nitrogens with zero attached hydrogens (tertiary/aromatic N) is 5. The fraction of sp³-hybridized carbons (Fsp3) is 0.190. The van der Waals surface area contributed by atoms with E-state index in [1.165, 1.54) is 6.33 Å². The highest BCUT2D eigenvalue weighted by Crippen LogP contribution is 2.39. The first-order valence-corrected chi connectivity index (χ1v) is 12.7. The molecule has 5 rings (SSSR count). The van der Waals surface area contributed by atoms with E-state index in [2.05, 4.69) is 24.1 Å². The van der Waals surface area contributed by atoms with E-state index in [1.807, 2.05) is 29.9 Å². The molecule has 1 aliphatic rings. The summed E-state index contributed by atoms with van der Waals surface area (Å²) >= 11 is 7.14. The Morgan fingerprint density at radius 2 is 2.00 bits per heavy atom. The van der Waals surface area contributed by atoms with Gasteiger partial charge in [-0.05, 0) is 31.3 Å². The fourth-order valence-corrected chi connectivity index (χ4v) is 5.72. The molecule has 0 atom stereocenters. The second kappa shape index (κ2) is 8.95. The summed E-state index contributed by atoms with van der Waals surface area (Å²) in [5.41, 5.74) is 1.60. The van der Waals surface area contributed by atoms with Crippen LogP contribution in [0.3, 0.4) is 0 Å². The van der Waals surface area contributed by atoms with Gasteiger partial charge in [0.05, 0.1) is 16.8 Å². The number of aromatic nitrogens is 4. The number of likely N-dealkylation sites (tertiary alicyclic amines) is 1. The highest BCUT2D eigenvalue weighted by Gasteiger charge is 2.28. The molecule has 9 nitrogen and oxygen atoms in total. The lowest BCUT2D eigenvalue weighted by Crippen LogP contribution is -2.45. The molecular weight excluding hydrogens is 503 g/mol. The maximum atomic E-state index is 14.9. The van der Waals surface area contributed by atoms with Gasteiger partial charge in [-0.15, -0.1) is 0 Å². The molecule has 3 heterocycles. The molecule has 34 heavy (non-hydrogen) atoms. The van der Waals surface area contributed by atoms with Gasteiger partial charge in [-0.25, -0.2) is 17.8 Å². The average Bonchev–Trinajstić information content (AvgIpc) is 3.46. The van der Waals surface area contributed by atoms with E-state index in [-0.39, 0.29) is 21.9 Å². The molecule has 0 saturated carbocycles. The van der Waals surface area contributed by atoms with Crippen molar-refractivity contribution in [3.63, 3.8) is 0 Å². The van der Waals surface area contributed by atoms with Crippen molar-refractivity contribution in [3.8, 4) is 22.8 Å². The van der Waals surface area contributed by atoms with Gasteiger partial charge in [0.15, 0.2) is 0 Å². The van der Waals surface area contributed by atoms with Crippen LogP contribution in [0.5, 0.6) is 11.5 Å². The van der Waals surface area contributed by atoms with Crippen molar-refractivity contribution in [2.45, 2.75) is 10.9 Å². The van der Waals surface area contributed by atoms with Crippen LogP contribution in [0.4, 0.5) is 9.52 Å². The van der Waals surface area contributed by atoms with Gasteiger partial charge in [-0.2, -0.15) is 9.47 Å². The van der Waals surface area contributed by atoms with Crippen LogP contribution in [-0.2, 0) is 10.0 Å². The number of benzene rings is 2. The Bertz CT molecular complexity index is 1440. The third-order valence-electron chi connectivity index (χ3n) is 5.30. The summed E-state index contributed by atoms with van der Waals surface area (Å²) in [5, 5.41) is 4.41. The van der Waals surface area contributed by atoms with E-state index in [1.54, 1.807) is 18.3 Å². The number of para-hydroxylation sites is 1. The molecule has 0 radical (unpaired) electrons. The summed E-state index contributed by atoms with van der Waals surface area (Å²) in [7, 11) is -2.22. The number of nitrogens with one attached hydrogen (secondary N) is 1. The normalized spacial score (nSPS) is 14.7. The molecule has 4 aromatic rings. The van der Waals surface area contributed by atoms with Crippen LogP contribution in [0, 0.1) is 5.82 Å². The molecule has 0 unspecified atom stereocenters. The van der Waals surface area contributed by atoms with Gasteiger partial charge in [-0.3, -0.25) is 9.40 Å². The number of hydrogen-bond acceptors (Lipinski definition) is 8. The van der Waals surface area contributed by atoms with Gasteiger partial charge >= 0.3 is 0 Å². The number of halogens is 2. The zero-order valence-corrected chi connectivity index (χ0v) is 20.1. The van der Waals surface area contributed by atoms with E-state index >= 15 is 0 Å². The Morgan fingerprint density at radius 1 is 1.21 bits per heavy atom. The number of sulfonamides is 1. The van der Waals surface area contributed by atoms with Crippen LogP contribution in [0.1, 0.15) is 6.04 Å². The highest BCUT2D eigenvalue weighted by molar-refractivity contribution is 7.93. The first-order valence-electron chi connectivity index (χ1n) is 10.1. The smallest absolute Gasteiger partial charge is 0.266 e. The number of ether oxygens (including phenoxy) is 1. The predicted molar refractivity (Wildman–Crippen MR) is 126 cm³/mol. The van der Waals surface area contributed by atoms with E-state index in [0.717, 1.165) is 48.0 Å². The van der Waals surface area contributed by atoms with Gasteiger partial charge in [0, 0.05) is 42.4 Å². The molecule has 176 valence electrons. The van der Waals surface area contributed by atoms with E-state index in [9.17, 15) is 12.8 Å². The Hall–Kier alpha value is -3.06. The van der Waals surface area contributed by atoms with Crippen LogP contribution >= 0.6 is 23.1 Å². The molecule has 0 spiro atoms. The number of anilines is 1. The van der Waals surface area contributed by atoms with Crippen molar-refractivity contribution in [1.29, 1.82) is 0 Å². The summed E-state index contributed by atoms with van der Waals surface area (Å²) in [6.07, 6.45) is 2.91. The largest absolute Gasteiger partial charge is 0.455 e. The highest BCUT2D eigenvalue weighted by atomic mass is 35.5. The van der Waals surface area contributed by atoms with Crippen LogP contribution < -0.4 is 9.46 Å². The molecule has 1 N–H and O–H groups in total. The zero-order valence-electron chi connectivity index (χ0n) is 17.7. The quantitative estimate of drug-likeness (QED) is 0.388. The van der Waals surface area contributed by atoms with Gasteiger partial charge in [0.2, 0.25) is 5.13 Å². The summed E-state index contributed by atoms with van der Waals surface area (Å²) in [5.74, 6) is -0.604. The molecule has 2 aromatic carbocycles. The standard InChI is InChI=1S/C21H18ClFN6O3S2/c1-28-10-13(11-28)29-17(6-7-25-29)14-4-2-3-5-18(14)32-19-9-16(23)20(8-15(19)22)34(30,31)27-21-24-12-26-33-21/h2-9,12-13H,10-11H2,1H3,(H,24,26,27). The van der Waals surface area contributed by atoms with E-state index < -0.39 is 20.7 Å². The number of hydrogen-bond donors (Lipinski definition) is 1. The lowest BCUT2D eigenvalue weighted by Gasteiger charge is -2.37. The molecule has 0 aliphatic carbocycles. The first-order chi connectivity index (χ1) is 16.3. The monoisotopic (exact) mass is 520 g/mol. The minimum absolute atomic E-state index is 0.0130. The molecule has 0 bridgehead atoms. The fourth-order valence-electron chi connectivity index (χ4n) is 3.71. The van der Waals surface area contributed by atoms with Gasteiger partial charge < -0.3 is 9.64 Å². The topological polar surface area (TPSA) is 102 Å². The second-order valence-electron chi connectivity index (χ2n) is 7.70. The first kappa shape index (κ1) is 22.7. The Labute approximate surface area is 204 Å². The number of rotatable bonds is 7. The van der Waals surface area contributed by atoms with Crippen molar-refractivity contribution < 1.29 is 17.5 Å². The minimum Gasteiger partial charge on any atom is -0.455 e. The third kappa shape index (κ3) is 4.37. The Balaban J connectivity index is 1.45. The molecule has 2 aromatic heterocycles. The average molecular weight is 521 g/mol. The summed E-state index contributed by atoms with van der Waals surface area (Å²) in [6, 6.07) is 11.3. The predicted octanol–water partition coefficient (Wildman–Crippen LogP) is 4.27. The molecule has 1 fully saturated rings. The summed E-state index contributed by atoms with van der Waals surface area (Å²) in [4.78, 5) is 5.31. The Morgan fingerprint density at radius 3 is 2.74 bits per heavy atom. The van der Waals surface area contributed by atoms with Crippen molar-refractivity contribution in [3.05, 3.63) is 65.8 Å². The molecule has 0 amide bonds. The van der Waals surface area contributed by atoms with Crippen LogP contribution in [0.15, 0.2) is 59.9 Å². The lowest BCUT2D eigenvalue weighted by molar-refractivity contribution is 0.132. The number of likely N-dealkylation sites (N-methyl/N-ethyl adjacent to an activating group) is 1. The summed E-state index contributed by atoms with van der Waals surface area (Å²) in [6.45, 7) is 1.77. The SMILES string of the molecule is CN1CC(n2nccc2-c2ccccc2Oc2cc(F)c(S(=O)(=O)Nc3ncns3)cc2Cl)C1. The Kier molecular flexibility index (Phi) is 5.98. The lowest BCUT2D eigenvalue weighted by atomic mass is 10.1. The second-order valence-corrected chi connectivity index (χ2v) is 10.5. The van der Waals surface area contributed by atoms with Gasteiger partial charge in [0.1, 0.15) is 28.5 Å². The zero-order chi connectivity index (χ0) is 23.9. The molecule has 13 heteroatoms. The van der Waals surface area contributed by atoms with Gasteiger partial charge in [-0.1, -0.05) is 23.7 Å². The maximum absolute atomic E-state index is 14.9. The van der Waals surface area contributed by atoms with E-state index in [4.69, 9.17) is 16.3 Å². The minimum atomic E-state index is -4.26. The molecule has 1 aliphatic heterocycles. The van der Waals surface area contributed by atoms with Crippen LogP contribution in [0.25, 0.3) is 11.3 Å². The van der Waals surface area contributed by atoms with Crippen molar-refractivity contribution >= 4 is 38.3 Å². The van der Waals surface area contributed by atoms with Crippen LogP contribution in [0.2, 0.25) is 5.02 Å². The van der Waals surface area contributed by atoms with Crippen molar-refractivity contribution in [1.82, 2.24) is 24.0 Å². The van der Waals surface area contributed by atoms with Crippen molar-refractivity contribution in [2.75, 3.05) is 24.9 Å². The molecule has 1 saturated heterocycles. The van der Waals surface area contributed by atoms with Crippen molar-refractivity contribution in [2.24, 2.45) is 0 Å². The molecular formula is C21H18ClFN6O3S2. The third-order valence-corrected chi connectivity index (χ3v) is 7.66. The summed E-state index contributed by atoms with van der Waals surface area (Å²) < 4.78 is 53.9. The van der Waals surface area contributed by atoms with Gasteiger partial charge in [0.25, 0.3) is 10.0 Å².